The van der Waals surface area contributed by atoms with Gasteiger partial charge in [0.1, 0.15) is 0 Å². The van der Waals surface area contributed by atoms with E-state index in [1.165, 1.54) is 25.9 Å². The molecule has 0 bridgehead atoms. The van der Waals surface area contributed by atoms with Crippen LogP contribution in [0.2, 0.25) is 0 Å². The molecule has 0 amide bonds. The van der Waals surface area contributed by atoms with E-state index in [-0.39, 0.29) is 0 Å². The van der Waals surface area contributed by atoms with Crippen molar-refractivity contribution < 1.29 is 0 Å². The molecule has 2 atom stereocenters. The molecule has 17 heavy (non-hydrogen) atoms. The van der Waals surface area contributed by atoms with E-state index in [4.69, 9.17) is 5.73 Å². The van der Waals surface area contributed by atoms with Gasteiger partial charge < -0.3 is 10.6 Å². The predicted molar refractivity (Wildman–Crippen MR) is 69.6 cm³/mol. The summed E-state index contributed by atoms with van der Waals surface area (Å²) in [7, 11) is 0. The fraction of sp³-hybridized carbons (Fsp3) is 0.769. The Labute approximate surface area is 104 Å². The summed E-state index contributed by atoms with van der Waals surface area (Å²) in [6.07, 6.45) is 6.38. The van der Waals surface area contributed by atoms with Crippen LogP contribution in [0, 0.1) is 11.8 Å². The SMILES string of the molecule is CCC1CN(CCn2cccn2)CCC1CN. The summed E-state index contributed by atoms with van der Waals surface area (Å²) in [6, 6.07) is 1.98. The van der Waals surface area contributed by atoms with E-state index >= 15 is 0 Å². The lowest BCUT2D eigenvalue weighted by atomic mass is 9.84. The summed E-state index contributed by atoms with van der Waals surface area (Å²) in [5.41, 5.74) is 5.83. The molecule has 2 N–H and O–H groups in total. The van der Waals surface area contributed by atoms with Crippen molar-refractivity contribution in [2.75, 3.05) is 26.2 Å². The maximum absolute atomic E-state index is 5.83. The van der Waals surface area contributed by atoms with E-state index in [1.807, 2.05) is 23.1 Å². The molecule has 1 fully saturated rings. The van der Waals surface area contributed by atoms with Crippen molar-refractivity contribution in [1.82, 2.24) is 14.7 Å². The fourth-order valence-electron chi connectivity index (χ4n) is 2.81. The Bertz CT molecular complexity index is 309. The van der Waals surface area contributed by atoms with Crippen molar-refractivity contribution in [1.29, 1.82) is 0 Å². The van der Waals surface area contributed by atoms with Crippen LogP contribution in [0.25, 0.3) is 0 Å². The van der Waals surface area contributed by atoms with Crippen LogP contribution in [0.5, 0.6) is 0 Å². The van der Waals surface area contributed by atoms with Gasteiger partial charge in [0, 0.05) is 25.5 Å². The van der Waals surface area contributed by atoms with E-state index in [9.17, 15) is 0 Å². The van der Waals surface area contributed by atoms with Gasteiger partial charge in [0.25, 0.3) is 0 Å². The first-order valence-electron chi connectivity index (χ1n) is 6.73. The molecular weight excluding hydrogens is 212 g/mol. The largest absolute Gasteiger partial charge is 0.330 e. The lowest BCUT2D eigenvalue weighted by Crippen LogP contribution is -2.43. The normalized spacial score (nSPS) is 26.2. The molecule has 1 aromatic rings. The molecule has 1 aromatic heterocycles. The third kappa shape index (κ3) is 3.30. The van der Waals surface area contributed by atoms with Gasteiger partial charge in [-0.2, -0.15) is 5.10 Å². The molecule has 2 unspecified atom stereocenters. The molecule has 1 saturated heterocycles. The molecule has 0 saturated carbocycles. The van der Waals surface area contributed by atoms with Crippen molar-refractivity contribution in [2.24, 2.45) is 17.6 Å². The van der Waals surface area contributed by atoms with E-state index in [1.54, 1.807) is 0 Å². The lowest BCUT2D eigenvalue weighted by molar-refractivity contribution is 0.115. The summed E-state index contributed by atoms with van der Waals surface area (Å²) in [5.74, 6) is 1.52. The van der Waals surface area contributed by atoms with Gasteiger partial charge >= 0.3 is 0 Å². The van der Waals surface area contributed by atoms with Gasteiger partial charge in [-0.25, -0.2) is 0 Å². The minimum Gasteiger partial charge on any atom is -0.330 e. The minimum atomic E-state index is 0.737. The number of nitrogens with two attached hydrogens (primary N) is 1. The zero-order valence-electron chi connectivity index (χ0n) is 10.8. The molecule has 2 heterocycles. The summed E-state index contributed by atoms with van der Waals surface area (Å²) >= 11 is 0. The molecular formula is C13H24N4. The highest BCUT2D eigenvalue weighted by Crippen LogP contribution is 2.25. The highest BCUT2D eigenvalue weighted by Gasteiger charge is 2.26. The zero-order valence-corrected chi connectivity index (χ0v) is 10.8. The number of rotatable bonds is 5. The van der Waals surface area contributed by atoms with Gasteiger partial charge in [-0.1, -0.05) is 13.3 Å². The molecule has 0 aliphatic carbocycles. The maximum atomic E-state index is 5.83. The number of piperidine rings is 1. The monoisotopic (exact) mass is 236 g/mol. The molecule has 0 radical (unpaired) electrons. The summed E-state index contributed by atoms with van der Waals surface area (Å²) in [4.78, 5) is 2.56. The van der Waals surface area contributed by atoms with E-state index in [0.717, 1.165) is 31.5 Å². The van der Waals surface area contributed by atoms with Gasteiger partial charge in [-0.3, -0.25) is 4.68 Å². The first kappa shape index (κ1) is 12.6. The van der Waals surface area contributed by atoms with Crippen LogP contribution >= 0.6 is 0 Å². The summed E-state index contributed by atoms with van der Waals surface area (Å²) in [5, 5.41) is 4.24. The van der Waals surface area contributed by atoms with Crippen LogP contribution in [-0.2, 0) is 6.54 Å². The first-order chi connectivity index (χ1) is 8.33. The van der Waals surface area contributed by atoms with Gasteiger partial charge in [0.2, 0.25) is 0 Å². The van der Waals surface area contributed by atoms with E-state index in [2.05, 4.69) is 16.9 Å². The molecule has 0 spiro atoms. The van der Waals surface area contributed by atoms with Crippen LogP contribution < -0.4 is 5.73 Å². The Kier molecular flexibility index (Phi) is 4.57. The van der Waals surface area contributed by atoms with Crippen LogP contribution in [0.4, 0.5) is 0 Å². The first-order valence-corrected chi connectivity index (χ1v) is 6.73. The van der Waals surface area contributed by atoms with Crippen molar-refractivity contribution in [3.8, 4) is 0 Å². The number of hydrogen-bond donors (Lipinski definition) is 1. The van der Waals surface area contributed by atoms with Crippen LogP contribution in [0.3, 0.4) is 0 Å². The molecule has 1 aliphatic heterocycles. The van der Waals surface area contributed by atoms with Crippen LogP contribution in [0.15, 0.2) is 18.5 Å². The van der Waals surface area contributed by atoms with Gasteiger partial charge in [-0.05, 0) is 37.4 Å². The van der Waals surface area contributed by atoms with Gasteiger partial charge in [0.15, 0.2) is 0 Å². The van der Waals surface area contributed by atoms with Crippen molar-refractivity contribution in [2.45, 2.75) is 26.3 Å². The number of likely N-dealkylation sites (tertiary alicyclic amines) is 1. The Morgan fingerprint density at radius 3 is 2.88 bits per heavy atom. The average Bonchev–Trinajstić information content (AvgIpc) is 2.89. The molecule has 1 aliphatic rings. The number of aromatic nitrogens is 2. The Morgan fingerprint density at radius 2 is 2.24 bits per heavy atom. The van der Waals surface area contributed by atoms with Gasteiger partial charge in [0.05, 0.1) is 6.54 Å². The third-order valence-corrected chi connectivity index (χ3v) is 4.01. The predicted octanol–water partition coefficient (Wildman–Crippen LogP) is 1.19. The third-order valence-electron chi connectivity index (χ3n) is 4.01. The number of nitrogens with zero attached hydrogens (tertiary/aromatic N) is 3. The smallest absolute Gasteiger partial charge is 0.0536 e. The Morgan fingerprint density at radius 1 is 1.35 bits per heavy atom. The average molecular weight is 236 g/mol. The van der Waals surface area contributed by atoms with Crippen LogP contribution in [-0.4, -0.2) is 40.9 Å². The van der Waals surface area contributed by atoms with E-state index < -0.39 is 0 Å². The van der Waals surface area contributed by atoms with Crippen LogP contribution in [0.1, 0.15) is 19.8 Å². The maximum Gasteiger partial charge on any atom is 0.0536 e. The second-order valence-corrected chi connectivity index (χ2v) is 5.02. The second kappa shape index (κ2) is 6.17. The zero-order chi connectivity index (χ0) is 12.1. The van der Waals surface area contributed by atoms with Crippen molar-refractivity contribution in [3.05, 3.63) is 18.5 Å². The Balaban J connectivity index is 1.79. The highest BCUT2D eigenvalue weighted by atomic mass is 15.3. The van der Waals surface area contributed by atoms with Crippen molar-refractivity contribution in [3.63, 3.8) is 0 Å². The topological polar surface area (TPSA) is 47.1 Å². The quantitative estimate of drug-likeness (QED) is 0.835. The molecule has 96 valence electrons. The van der Waals surface area contributed by atoms with Gasteiger partial charge in [-0.15, -0.1) is 0 Å². The van der Waals surface area contributed by atoms with E-state index in [0.29, 0.717) is 0 Å². The Hall–Kier alpha value is -0.870. The number of hydrogen-bond acceptors (Lipinski definition) is 3. The highest BCUT2D eigenvalue weighted by molar-refractivity contribution is 4.81. The summed E-state index contributed by atoms with van der Waals surface area (Å²) < 4.78 is 2.01. The summed E-state index contributed by atoms with van der Waals surface area (Å²) in [6.45, 7) is 7.64. The molecule has 2 rings (SSSR count). The standard InChI is InChI=1S/C13H24N4/c1-2-12-11-16(7-4-13(12)10-14)8-9-17-6-3-5-15-17/h3,5-6,12-13H,2,4,7-11,14H2,1H3. The lowest BCUT2D eigenvalue weighted by Gasteiger charge is -2.37. The minimum absolute atomic E-state index is 0.737. The molecule has 4 heteroatoms. The second-order valence-electron chi connectivity index (χ2n) is 5.02. The fourth-order valence-corrected chi connectivity index (χ4v) is 2.81. The van der Waals surface area contributed by atoms with Crippen molar-refractivity contribution >= 4 is 0 Å². The molecule has 4 nitrogen and oxygen atoms in total. The molecule has 0 aromatic carbocycles.